The van der Waals surface area contributed by atoms with Crippen molar-refractivity contribution in [3.05, 3.63) is 35.4 Å². The molecule has 0 saturated carbocycles. The molecule has 0 radical (unpaired) electrons. The fourth-order valence-corrected chi connectivity index (χ4v) is 2.12. The number of rotatable bonds is 3. The minimum atomic E-state index is -0.298. The van der Waals surface area contributed by atoms with E-state index in [9.17, 15) is 9.59 Å². The van der Waals surface area contributed by atoms with Crippen LogP contribution in [-0.2, 0) is 9.59 Å². The molecule has 2 atom stereocenters. The molecule has 90 valence electrons. The highest BCUT2D eigenvalue weighted by Gasteiger charge is 2.31. The number of benzene rings is 1. The molecule has 1 heterocycles. The Morgan fingerprint density at radius 3 is 2.41 bits per heavy atom. The molecule has 2 unspecified atom stereocenters. The van der Waals surface area contributed by atoms with Crippen molar-refractivity contribution in [1.82, 2.24) is 5.32 Å². The van der Waals surface area contributed by atoms with E-state index in [0.29, 0.717) is 5.92 Å². The Bertz CT molecular complexity index is 436. The summed E-state index contributed by atoms with van der Waals surface area (Å²) < 4.78 is 0. The van der Waals surface area contributed by atoms with Crippen LogP contribution in [0.2, 0.25) is 0 Å². The fraction of sp³-hybridized carbons (Fsp3) is 0.429. The Morgan fingerprint density at radius 1 is 1.29 bits per heavy atom. The van der Waals surface area contributed by atoms with Crippen molar-refractivity contribution in [2.75, 3.05) is 0 Å². The van der Waals surface area contributed by atoms with Crippen molar-refractivity contribution < 1.29 is 9.59 Å². The van der Waals surface area contributed by atoms with E-state index in [2.05, 4.69) is 31.3 Å². The summed E-state index contributed by atoms with van der Waals surface area (Å²) in [5.41, 5.74) is 2.21. The highest BCUT2D eigenvalue weighted by atomic mass is 16.2. The molecule has 17 heavy (non-hydrogen) atoms. The summed E-state index contributed by atoms with van der Waals surface area (Å²) in [5, 5.41) is 2.34. The van der Waals surface area contributed by atoms with Gasteiger partial charge in [0, 0.05) is 6.42 Å². The summed E-state index contributed by atoms with van der Waals surface area (Å²) in [7, 11) is 0. The van der Waals surface area contributed by atoms with Gasteiger partial charge in [0.05, 0.1) is 5.92 Å². The summed E-state index contributed by atoms with van der Waals surface area (Å²) in [4.78, 5) is 22.7. The smallest absolute Gasteiger partial charge is 0.234 e. The molecule has 2 rings (SSSR count). The van der Waals surface area contributed by atoms with E-state index in [0.717, 1.165) is 12.0 Å². The molecule has 3 heteroatoms. The highest BCUT2D eigenvalue weighted by Crippen LogP contribution is 2.26. The average Bonchev–Trinajstić information content (AvgIpc) is 2.68. The van der Waals surface area contributed by atoms with E-state index in [4.69, 9.17) is 0 Å². The first kappa shape index (κ1) is 11.8. The minimum absolute atomic E-state index is 0.175. The van der Waals surface area contributed by atoms with Gasteiger partial charge in [-0.1, -0.05) is 38.1 Å². The second-order valence-electron chi connectivity index (χ2n) is 4.65. The van der Waals surface area contributed by atoms with Crippen molar-refractivity contribution in [3.63, 3.8) is 0 Å². The lowest BCUT2D eigenvalue weighted by molar-refractivity contribution is -0.125. The van der Waals surface area contributed by atoms with E-state index >= 15 is 0 Å². The molecule has 1 aromatic carbocycles. The Kier molecular flexibility index (Phi) is 3.27. The largest absolute Gasteiger partial charge is 0.296 e. The molecule has 1 N–H and O–H groups in total. The summed E-state index contributed by atoms with van der Waals surface area (Å²) in [6.45, 7) is 4.34. The predicted octanol–water partition coefficient (Wildman–Crippen LogP) is 2.33. The third-order valence-corrected chi connectivity index (χ3v) is 3.49. The van der Waals surface area contributed by atoms with Crippen molar-refractivity contribution in [2.45, 2.75) is 38.5 Å². The van der Waals surface area contributed by atoms with Crippen LogP contribution in [0.4, 0.5) is 0 Å². The van der Waals surface area contributed by atoms with Gasteiger partial charge in [-0.25, -0.2) is 0 Å². The Morgan fingerprint density at radius 2 is 1.94 bits per heavy atom. The van der Waals surface area contributed by atoms with Gasteiger partial charge in [-0.05, 0) is 23.5 Å². The highest BCUT2D eigenvalue weighted by molar-refractivity contribution is 6.06. The number of carbonyl (C=O) groups excluding carboxylic acids is 2. The Balaban J connectivity index is 2.18. The van der Waals surface area contributed by atoms with Crippen LogP contribution in [0.1, 0.15) is 49.7 Å². The summed E-state index contributed by atoms with van der Waals surface area (Å²) in [6, 6.07) is 8.04. The first-order chi connectivity index (χ1) is 8.11. The van der Waals surface area contributed by atoms with Crippen LogP contribution in [0.15, 0.2) is 24.3 Å². The Hall–Kier alpha value is -1.64. The van der Waals surface area contributed by atoms with Gasteiger partial charge in [0.15, 0.2) is 0 Å². The van der Waals surface area contributed by atoms with E-state index in [1.165, 1.54) is 5.56 Å². The molecule has 0 spiro atoms. The maximum absolute atomic E-state index is 11.5. The van der Waals surface area contributed by atoms with Gasteiger partial charge in [-0.15, -0.1) is 0 Å². The molecule has 3 nitrogen and oxygen atoms in total. The summed E-state index contributed by atoms with van der Waals surface area (Å²) in [5.74, 6) is -0.117. The number of nitrogens with one attached hydrogen (secondary N) is 1. The van der Waals surface area contributed by atoms with Crippen molar-refractivity contribution >= 4 is 11.8 Å². The molecule has 1 aromatic rings. The number of hydrogen-bond donors (Lipinski definition) is 1. The van der Waals surface area contributed by atoms with Crippen LogP contribution in [0.25, 0.3) is 0 Å². The third kappa shape index (κ3) is 2.38. The van der Waals surface area contributed by atoms with Crippen LogP contribution in [0.5, 0.6) is 0 Å². The van der Waals surface area contributed by atoms with Crippen molar-refractivity contribution in [2.24, 2.45) is 0 Å². The second kappa shape index (κ2) is 4.70. The number of carbonyl (C=O) groups is 2. The average molecular weight is 231 g/mol. The molecular weight excluding hydrogens is 214 g/mol. The van der Waals surface area contributed by atoms with Gasteiger partial charge in [0.2, 0.25) is 11.8 Å². The maximum Gasteiger partial charge on any atom is 0.234 e. The van der Waals surface area contributed by atoms with Crippen LogP contribution in [0, 0.1) is 0 Å². The standard InChI is InChI=1S/C14H17NO2/c1-3-9(2)10-4-6-11(7-5-10)12-8-13(16)15-14(12)17/h4-7,9,12H,3,8H2,1-2H3,(H,15,16,17). The molecule has 1 saturated heterocycles. The van der Waals surface area contributed by atoms with Crippen LogP contribution >= 0.6 is 0 Å². The van der Waals surface area contributed by atoms with Gasteiger partial charge in [0.1, 0.15) is 0 Å². The predicted molar refractivity (Wildman–Crippen MR) is 65.7 cm³/mol. The molecule has 1 fully saturated rings. The lowest BCUT2D eigenvalue weighted by atomic mass is 9.93. The number of amides is 2. The molecule has 1 aliphatic heterocycles. The van der Waals surface area contributed by atoms with E-state index in [1.807, 2.05) is 12.1 Å². The van der Waals surface area contributed by atoms with Crippen molar-refractivity contribution in [1.29, 1.82) is 0 Å². The lowest BCUT2D eigenvalue weighted by Crippen LogP contribution is -2.21. The molecule has 0 bridgehead atoms. The maximum atomic E-state index is 11.5. The SMILES string of the molecule is CCC(C)c1ccc(C2CC(=O)NC2=O)cc1. The quantitative estimate of drug-likeness (QED) is 0.811. The Labute approximate surface area is 101 Å². The van der Waals surface area contributed by atoms with Crippen LogP contribution < -0.4 is 5.32 Å². The second-order valence-corrected chi connectivity index (χ2v) is 4.65. The third-order valence-electron chi connectivity index (χ3n) is 3.49. The van der Waals surface area contributed by atoms with Crippen molar-refractivity contribution in [3.8, 4) is 0 Å². The van der Waals surface area contributed by atoms with Crippen LogP contribution in [0.3, 0.4) is 0 Å². The van der Waals surface area contributed by atoms with Gasteiger partial charge < -0.3 is 0 Å². The van der Waals surface area contributed by atoms with Gasteiger partial charge in [-0.3, -0.25) is 14.9 Å². The monoisotopic (exact) mass is 231 g/mol. The van der Waals surface area contributed by atoms with E-state index in [-0.39, 0.29) is 24.2 Å². The minimum Gasteiger partial charge on any atom is -0.296 e. The number of imide groups is 1. The number of hydrogen-bond acceptors (Lipinski definition) is 2. The topological polar surface area (TPSA) is 46.2 Å². The van der Waals surface area contributed by atoms with Gasteiger partial charge >= 0.3 is 0 Å². The molecular formula is C14H17NO2. The molecule has 1 aliphatic rings. The zero-order valence-electron chi connectivity index (χ0n) is 10.2. The lowest BCUT2D eigenvalue weighted by Gasteiger charge is -2.11. The molecule has 0 aromatic heterocycles. The van der Waals surface area contributed by atoms with E-state index in [1.54, 1.807) is 0 Å². The van der Waals surface area contributed by atoms with Crippen LogP contribution in [-0.4, -0.2) is 11.8 Å². The first-order valence-electron chi connectivity index (χ1n) is 6.05. The molecule has 2 amide bonds. The molecule has 0 aliphatic carbocycles. The fourth-order valence-electron chi connectivity index (χ4n) is 2.12. The first-order valence-corrected chi connectivity index (χ1v) is 6.05. The van der Waals surface area contributed by atoms with E-state index < -0.39 is 0 Å². The zero-order chi connectivity index (χ0) is 12.4. The van der Waals surface area contributed by atoms with Gasteiger partial charge in [-0.2, -0.15) is 0 Å². The zero-order valence-corrected chi connectivity index (χ0v) is 10.2. The van der Waals surface area contributed by atoms with Gasteiger partial charge in [0.25, 0.3) is 0 Å². The normalized spacial score (nSPS) is 21.4. The summed E-state index contributed by atoms with van der Waals surface area (Å²) in [6.07, 6.45) is 1.38. The summed E-state index contributed by atoms with van der Waals surface area (Å²) >= 11 is 0.